The van der Waals surface area contributed by atoms with Gasteiger partial charge in [0.25, 0.3) is 0 Å². The maximum atomic E-state index is 12.9. The standard InChI is InChI=1S/C23H29N3O6S/c1-31-23(28)10-11-25(17-19-6-3-2-4-7-19)18-22(27)24-20-8-5-9-21(16-20)33(29,30)26-12-14-32-15-13-26/h2-9,16H,10-15,17-18H2,1H3,(H,24,27). The second kappa shape index (κ2) is 11.9. The highest BCUT2D eigenvalue weighted by atomic mass is 32.2. The van der Waals surface area contributed by atoms with Crippen LogP contribution < -0.4 is 5.32 Å². The summed E-state index contributed by atoms with van der Waals surface area (Å²) in [6.07, 6.45) is 0.157. The summed E-state index contributed by atoms with van der Waals surface area (Å²) in [4.78, 5) is 26.3. The Labute approximate surface area is 194 Å². The number of sulfonamides is 1. The van der Waals surface area contributed by atoms with E-state index in [9.17, 15) is 18.0 Å². The van der Waals surface area contributed by atoms with Crippen LogP contribution in [-0.2, 0) is 35.6 Å². The van der Waals surface area contributed by atoms with Gasteiger partial charge in [0.15, 0.2) is 0 Å². The van der Waals surface area contributed by atoms with Gasteiger partial charge < -0.3 is 14.8 Å². The Kier molecular flexibility index (Phi) is 8.95. The molecule has 0 radical (unpaired) electrons. The Hall–Kier alpha value is -2.79. The first-order valence-corrected chi connectivity index (χ1v) is 12.1. The molecule has 0 bridgehead atoms. The monoisotopic (exact) mass is 475 g/mol. The molecule has 1 aliphatic heterocycles. The molecule has 0 saturated carbocycles. The minimum Gasteiger partial charge on any atom is -0.469 e. The van der Waals surface area contributed by atoms with Crippen LogP contribution in [0.15, 0.2) is 59.5 Å². The minimum atomic E-state index is -3.66. The second-order valence-electron chi connectivity index (χ2n) is 7.61. The first kappa shape index (κ1) is 24.8. The molecular formula is C23H29N3O6S. The summed E-state index contributed by atoms with van der Waals surface area (Å²) < 4.78 is 37.1. The summed E-state index contributed by atoms with van der Waals surface area (Å²) in [7, 11) is -2.34. The van der Waals surface area contributed by atoms with E-state index in [1.165, 1.54) is 23.5 Å². The zero-order valence-electron chi connectivity index (χ0n) is 18.6. The lowest BCUT2D eigenvalue weighted by Gasteiger charge is -2.26. The lowest BCUT2D eigenvalue weighted by Crippen LogP contribution is -2.40. The number of methoxy groups -OCH3 is 1. The van der Waals surface area contributed by atoms with E-state index in [1.54, 1.807) is 12.1 Å². The summed E-state index contributed by atoms with van der Waals surface area (Å²) in [5, 5.41) is 2.77. The van der Waals surface area contributed by atoms with E-state index in [0.717, 1.165) is 5.56 Å². The molecule has 1 amide bonds. The molecule has 1 heterocycles. The fourth-order valence-corrected chi connectivity index (χ4v) is 4.94. The molecule has 0 unspecified atom stereocenters. The zero-order valence-corrected chi connectivity index (χ0v) is 19.4. The molecule has 33 heavy (non-hydrogen) atoms. The second-order valence-corrected chi connectivity index (χ2v) is 9.55. The SMILES string of the molecule is COC(=O)CCN(CC(=O)Nc1cccc(S(=O)(=O)N2CCOCC2)c1)Cc1ccccc1. The van der Waals surface area contributed by atoms with Gasteiger partial charge in [-0.3, -0.25) is 14.5 Å². The van der Waals surface area contributed by atoms with Crippen LogP contribution in [0.5, 0.6) is 0 Å². The molecule has 1 saturated heterocycles. The molecule has 9 nitrogen and oxygen atoms in total. The number of benzene rings is 2. The average molecular weight is 476 g/mol. The fraction of sp³-hybridized carbons (Fsp3) is 0.391. The van der Waals surface area contributed by atoms with Gasteiger partial charge in [-0.15, -0.1) is 0 Å². The number of morpholine rings is 1. The van der Waals surface area contributed by atoms with Crippen molar-refractivity contribution in [1.82, 2.24) is 9.21 Å². The summed E-state index contributed by atoms with van der Waals surface area (Å²) in [5.41, 5.74) is 1.40. The van der Waals surface area contributed by atoms with E-state index in [4.69, 9.17) is 9.47 Å². The molecular weight excluding hydrogens is 446 g/mol. The summed E-state index contributed by atoms with van der Waals surface area (Å²) in [5.74, 6) is -0.661. The van der Waals surface area contributed by atoms with Crippen molar-refractivity contribution in [3.05, 3.63) is 60.2 Å². The third kappa shape index (κ3) is 7.36. The van der Waals surface area contributed by atoms with Crippen molar-refractivity contribution in [3.8, 4) is 0 Å². The number of amides is 1. The van der Waals surface area contributed by atoms with Gasteiger partial charge in [-0.1, -0.05) is 36.4 Å². The van der Waals surface area contributed by atoms with Gasteiger partial charge in [0, 0.05) is 31.9 Å². The number of hydrogen-bond donors (Lipinski definition) is 1. The largest absolute Gasteiger partial charge is 0.469 e. The van der Waals surface area contributed by atoms with Crippen LogP contribution in [-0.4, -0.2) is 76.0 Å². The van der Waals surface area contributed by atoms with Gasteiger partial charge in [-0.05, 0) is 23.8 Å². The van der Waals surface area contributed by atoms with E-state index >= 15 is 0 Å². The van der Waals surface area contributed by atoms with Gasteiger partial charge in [-0.2, -0.15) is 4.31 Å². The molecule has 1 fully saturated rings. The predicted molar refractivity (Wildman–Crippen MR) is 123 cm³/mol. The van der Waals surface area contributed by atoms with Crippen molar-refractivity contribution in [3.63, 3.8) is 0 Å². The summed E-state index contributed by atoms with van der Waals surface area (Å²) in [6, 6.07) is 15.8. The maximum Gasteiger partial charge on any atom is 0.306 e. The number of anilines is 1. The molecule has 2 aromatic rings. The number of nitrogens with one attached hydrogen (secondary N) is 1. The smallest absolute Gasteiger partial charge is 0.306 e. The fourth-order valence-electron chi connectivity index (χ4n) is 3.48. The van der Waals surface area contributed by atoms with Crippen molar-refractivity contribution < 1.29 is 27.5 Å². The van der Waals surface area contributed by atoms with Crippen molar-refractivity contribution in [1.29, 1.82) is 0 Å². The maximum absolute atomic E-state index is 12.9. The van der Waals surface area contributed by atoms with E-state index in [2.05, 4.69) is 5.32 Å². The van der Waals surface area contributed by atoms with Gasteiger partial charge in [0.2, 0.25) is 15.9 Å². The Morgan fingerprint density at radius 1 is 1.09 bits per heavy atom. The highest BCUT2D eigenvalue weighted by Crippen LogP contribution is 2.20. The molecule has 0 atom stereocenters. The Balaban J connectivity index is 1.66. The highest BCUT2D eigenvalue weighted by molar-refractivity contribution is 7.89. The van der Waals surface area contributed by atoms with Crippen LogP contribution >= 0.6 is 0 Å². The molecule has 0 aromatic heterocycles. The summed E-state index contributed by atoms with van der Waals surface area (Å²) in [6.45, 7) is 2.18. The molecule has 10 heteroatoms. The molecule has 3 rings (SSSR count). The van der Waals surface area contributed by atoms with Gasteiger partial charge in [0.1, 0.15) is 0 Å². The van der Waals surface area contributed by atoms with E-state index in [-0.39, 0.29) is 29.7 Å². The highest BCUT2D eigenvalue weighted by Gasteiger charge is 2.26. The third-order valence-corrected chi connectivity index (χ3v) is 7.10. The summed E-state index contributed by atoms with van der Waals surface area (Å²) >= 11 is 0. The first-order valence-electron chi connectivity index (χ1n) is 10.7. The third-order valence-electron chi connectivity index (χ3n) is 5.20. The van der Waals surface area contributed by atoms with Crippen molar-refractivity contribution in [2.24, 2.45) is 0 Å². The lowest BCUT2D eigenvalue weighted by atomic mass is 10.2. The normalized spacial score (nSPS) is 14.7. The molecule has 2 aromatic carbocycles. The number of esters is 1. The zero-order chi connectivity index (χ0) is 23.7. The number of carbonyl (C=O) groups is 2. The predicted octanol–water partition coefficient (Wildman–Crippen LogP) is 1.71. The molecule has 0 aliphatic carbocycles. The lowest BCUT2D eigenvalue weighted by molar-refractivity contribution is -0.141. The molecule has 1 aliphatic rings. The Morgan fingerprint density at radius 3 is 2.52 bits per heavy atom. The van der Waals surface area contributed by atoms with Crippen LogP contribution in [0.1, 0.15) is 12.0 Å². The van der Waals surface area contributed by atoms with Crippen LogP contribution in [0.25, 0.3) is 0 Å². The van der Waals surface area contributed by atoms with E-state index in [0.29, 0.717) is 45.1 Å². The number of nitrogens with zero attached hydrogens (tertiary/aromatic N) is 2. The van der Waals surface area contributed by atoms with Gasteiger partial charge >= 0.3 is 5.97 Å². The molecule has 178 valence electrons. The topological polar surface area (TPSA) is 105 Å². The van der Waals surface area contributed by atoms with Crippen LogP contribution in [0, 0.1) is 0 Å². The minimum absolute atomic E-state index is 0.0341. The Bertz CT molecular complexity index is 1040. The molecule has 1 N–H and O–H groups in total. The Morgan fingerprint density at radius 2 is 1.82 bits per heavy atom. The van der Waals surface area contributed by atoms with Gasteiger partial charge in [-0.25, -0.2) is 8.42 Å². The van der Waals surface area contributed by atoms with Crippen molar-refractivity contribution in [2.45, 2.75) is 17.9 Å². The van der Waals surface area contributed by atoms with E-state index in [1.807, 2.05) is 35.2 Å². The number of hydrogen-bond acceptors (Lipinski definition) is 7. The average Bonchev–Trinajstić information content (AvgIpc) is 2.83. The van der Waals surface area contributed by atoms with Crippen molar-refractivity contribution in [2.75, 3.05) is 51.8 Å². The molecule has 0 spiro atoms. The van der Waals surface area contributed by atoms with Crippen molar-refractivity contribution >= 4 is 27.6 Å². The number of rotatable bonds is 10. The van der Waals surface area contributed by atoms with Crippen LogP contribution in [0.2, 0.25) is 0 Å². The van der Waals surface area contributed by atoms with Crippen LogP contribution in [0.3, 0.4) is 0 Å². The quantitative estimate of drug-likeness (QED) is 0.522. The number of ether oxygens (including phenoxy) is 2. The van der Waals surface area contributed by atoms with E-state index < -0.39 is 10.0 Å². The van der Waals surface area contributed by atoms with Gasteiger partial charge in [0.05, 0.1) is 38.2 Å². The number of carbonyl (C=O) groups excluding carboxylic acids is 2. The van der Waals surface area contributed by atoms with Crippen LogP contribution in [0.4, 0.5) is 5.69 Å². The first-order chi connectivity index (χ1) is 15.9.